The van der Waals surface area contributed by atoms with Gasteiger partial charge in [0.15, 0.2) is 0 Å². The van der Waals surface area contributed by atoms with Gasteiger partial charge in [-0.15, -0.1) is 0 Å². The van der Waals surface area contributed by atoms with Crippen molar-refractivity contribution in [3.05, 3.63) is 59.2 Å². The van der Waals surface area contributed by atoms with Crippen molar-refractivity contribution in [2.45, 2.75) is 0 Å². The molecule has 0 heterocycles. The van der Waals surface area contributed by atoms with E-state index in [-0.39, 0.29) is 5.56 Å². The first-order valence-corrected chi connectivity index (χ1v) is 5.85. The Kier molecular flexibility index (Phi) is 3.98. The molecule has 0 unspecified atom stereocenters. The van der Waals surface area contributed by atoms with Gasteiger partial charge >= 0.3 is 11.9 Å². The largest absolute Gasteiger partial charge is 0.478 e. The second-order valence-electron chi connectivity index (χ2n) is 4.19. The van der Waals surface area contributed by atoms with Crippen molar-refractivity contribution in [3.8, 4) is 11.1 Å². The molecule has 108 valence electrons. The van der Waals surface area contributed by atoms with Gasteiger partial charge in [0.25, 0.3) is 0 Å². The fourth-order valence-corrected chi connectivity index (χ4v) is 1.84. The molecule has 2 aromatic carbocycles. The number of hydrogen-bond acceptors (Lipinski definition) is 3. The predicted octanol–water partition coefficient (Wildman–Crippen LogP) is 3.12. The number of carboxylic acid groups (broad SMARTS) is 1. The Hall–Kier alpha value is -2.76. The van der Waals surface area contributed by atoms with Crippen molar-refractivity contribution < 1.29 is 28.2 Å². The Labute approximate surface area is 118 Å². The van der Waals surface area contributed by atoms with Crippen LogP contribution < -0.4 is 0 Å². The maximum Gasteiger partial charge on any atom is 0.340 e. The van der Waals surface area contributed by atoms with E-state index >= 15 is 0 Å². The lowest BCUT2D eigenvalue weighted by atomic mass is 10.0. The van der Waals surface area contributed by atoms with Crippen LogP contribution in [0.3, 0.4) is 0 Å². The fourth-order valence-electron chi connectivity index (χ4n) is 1.84. The lowest BCUT2D eigenvalue weighted by Crippen LogP contribution is -2.04. The van der Waals surface area contributed by atoms with Gasteiger partial charge in [-0.25, -0.2) is 18.4 Å². The summed E-state index contributed by atoms with van der Waals surface area (Å²) in [7, 11) is 1.13. The van der Waals surface area contributed by atoms with Crippen molar-refractivity contribution in [1.29, 1.82) is 0 Å². The molecular weight excluding hydrogens is 282 g/mol. The Morgan fingerprint density at radius 3 is 1.81 bits per heavy atom. The van der Waals surface area contributed by atoms with Gasteiger partial charge in [-0.05, 0) is 35.4 Å². The van der Waals surface area contributed by atoms with Gasteiger partial charge in [0.2, 0.25) is 0 Å². The van der Waals surface area contributed by atoms with E-state index in [1.165, 1.54) is 18.2 Å². The topological polar surface area (TPSA) is 63.6 Å². The van der Waals surface area contributed by atoms with Crippen molar-refractivity contribution in [1.82, 2.24) is 0 Å². The molecule has 21 heavy (non-hydrogen) atoms. The maximum atomic E-state index is 13.8. The first-order valence-electron chi connectivity index (χ1n) is 5.85. The van der Waals surface area contributed by atoms with Crippen LogP contribution in [0.15, 0.2) is 36.4 Å². The summed E-state index contributed by atoms with van der Waals surface area (Å²) in [6.07, 6.45) is 0. The molecule has 2 aromatic rings. The molecular formula is C15H10F2O4. The van der Waals surface area contributed by atoms with Gasteiger partial charge in [-0.1, -0.05) is 12.1 Å². The van der Waals surface area contributed by atoms with E-state index in [0.717, 1.165) is 25.3 Å². The third kappa shape index (κ3) is 2.89. The highest BCUT2D eigenvalue weighted by Gasteiger charge is 2.15. The van der Waals surface area contributed by atoms with Crippen molar-refractivity contribution in [2.75, 3.05) is 7.11 Å². The zero-order valence-electron chi connectivity index (χ0n) is 10.9. The van der Waals surface area contributed by atoms with Gasteiger partial charge in [-0.2, -0.15) is 0 Å². The summed E-state index contributed by atoms with van der Waals surface area (Å²) in [5.41, 5.74) is -0.0851. The highest BCUT2D eigenvalue weighted by atomic mass is 19.1. The SMILES string of the molecule is COC(=O)c1ccc(-c2ccc(C(=O)O)c(F)c2)cc1F. The first kappa shape index (κ1) is 14.6. The van der Waals surface area contributed by atoms with E-state index in [2.05, 4.69) is 4.74 Å². The van der Waals surface area contributed by atoms with Crippen molar-refractivity contribution in [3.63, 3.8) is 0 Å². The van der Waals surface area contributed by atoms with Crippen LogP contribution in [0, 0.1) is 11.6 Å². The van der Waals surface area contributed by atoms with Crippen LogP contribution in [-0.2, 0) is 4.74 Å². The molecule has 0 amide bonds. The molecule has 0 aliphatic heterocycles. The smallest absolute Gasteiger partial charge is 0.340 e. The average Bonchev–Trinajstić information content (AvgIpc) is 2.45. The number of benzene rings is 2. The Morgan fingerprint density at radius 2 is 1.43 bits per heavy atom. The average molecular weight is 292 g/mol. The normalized spacial score (nSPS) is 10.2. The van der Waals surface area contributed by atoms with Gasteiger partial charge < -0.3 is 9.84 Å². The molecule has 0 saturated carbocycles. The van der Waals surface area contributed by atoms with Crippen LogP contribution in [0.1, 0.15) is 20.7 Å². The molecule has 0 radical (unpaired) electrons. The number of halogens is 2. The summed E-state index contributed by atoms with van der Waals surface area (Å²) in [6, 6.07) is 7.15. The number of carbonyl (C=O) groups is 2. The van der Waals surface area contributed by atoms with Crippen LogP contribution in [0.5, 0.6) is 0 Å². The molecule has 0 spiro atoms. The number of esters is 1. The fraction of sp³-hybridized carbons (Fsp3) is 0.0667. The van der Waals surface area contributed by atoms with E-state index in [9.17, 15) is 18.4 Å². The number of ether oxygens (including phenoxy) is 1. The number of hydrogen-bond donors (Lipinski definition) is 1. The standard InChI is InChI=1S/C15H10F2O4/c1-21-15(20)11-5-3-9(7-13(11)17)8-2-4-10(14(18)19)12(16)6-8/h2-7H,1H3,(H,18,19). The zero-order chi connectivity index (χ0) is 15.6. The molecule has 0 aromatic heterocycles. The zero-order valence-corrected chi connectivity index (χ0v) is 10.9. The van der Waals surface area contributed by atoms with Gasteiger partial charge in [-0.3, -0.25) is 0 Å². The highest BCUT2D eigenvalue weighted by Crippen LogP contribution is 2.24. The molecule has 2 rings (SSSR count). The highest BCUT2D eigenvalue weighted by molar-refractivity contribution is 5.91. The van der Waals surface area contributed by atoms with Crippen LogP contribution in [0.4, 0.5) is 8.78 Å². The molecule has 1 N–H and O–H groups in total. The summed E-state index contributed by atoms with van der Waals surface area (Å²) in [5.74, 6) is -3.92. The number of aromatic carboxylic acids is 1. The maximum absolute atomic E-state index is 13.8. The van der Waals surface area contributed by atoms with Crippen LogP contribution in [0.25, 0.3) is 11.1 Å². The van der Waals surface area contributed by atoms with E-state index in [1.807, 2.05) is 0 Å². The van der Waals surface area contributed by atoms with Gasteiger partial charge in [0.1, 0.15) is 11.6 Å². The van der Waals surface area contributed by atoms with E-state index < -0.39 is 29.1 Å². The van der Waals surface area contributed by atoms with E-state index in [0.29, 0.717) is 11.1 Å². The number of carboxylic acids is 1. The van der Waals surface area contributed by atoms with Crippen LogP contribution in [0.2, 0.25) is 0 Å². The molecule has 0 aliphatic carbocycles. The third-order valence-electron chi connectivity index (χ3n) is 2.91. The predicted molar refractivity (Wildman–Crippen MR) is 70.1 cm³/mol. The summed E-state index contributed by atoms with van der Waals surface area (Å²) < 4.78 is 31.8. The molecule has 0 bridgehead atoms. The molecule has 4 nitrogen and oxygen atoms in total. The Balaban J connectivity index is 2.44. The quantitative estimate of drug-likeness (QED) is 0.883. The summed E-state index contributed by atoms with van der Waals surface area (Å²) in [5, 5.41) is 8.74. The lowest BCUT2D eigenvalue weighted by Gasteiger charge is -2.06. The van der Waals surface area contributed by atoms with Crippen molar-refractivity contribution in [2.24, 2.45) is 0 Å². The minimum Gasteiger partial charge on any atom is -0.478 e. The summed E-state index contributed by atoms with van der Waals surface area (Å²) >= 11 is 0. The van der Waals surface area contributed by atoms with E-state index in [1.54, 1.807) is 0 Å². The Bertz CT molecular complexity index is 726. The number of methoxy groups -OCH3 is 1. The van der Waals surface area contributed by atoms with Crippen LogP contribution >= 0.6 is 0 Å². The third-order valence-corrected chi connectivity index (χ3v) is 2.91. The second-order valence-corrected chi connectivity index (χ2v) is 4.19. The minimum absolute atomic E-state index is 0.233. The second kappa shape index (κ2) is 5.70. The molecule has 0 saturated heterocycles. The van der Waals surface area contributed by atoms with Gasteiger partial charge in [0, 0.05) is 0 Å². The summed E-state index contributed by atoms with van der Waals surface area (Å²) in [4.78, 5) is 22.0. The van der Waals surface area contributed by atoms with E-state index in [4.69, 9.17) is 5.11 Å². The monoisotopic (exact) mass is 292 g/mol. The molecule has 0 atom stereocenters. The Morgan fingerprint density at radius 1 is 0.952 bits per heavy atom. The molecule has 0 aliphatic rings. The number of carbonyl (C=O) groups excluding carboxylic acids is 1. The van der Waals surface area contributed by atoms with Crippen LogP contribution in [-0.4, -0.2) is 24.2 Å². The van der Waals surface area contributed by atoms with Gasteiger partial charge in [0.05, 0.1) is 18.2 Å². The minimum atomic E-state index is -1.38. The summed E-state index contributed by atoms with van der Waals surface area (Å²) in [6.45, 7) is 0. The van der Waals surface area contributed by atoms with Crippen molar-refractivity contribution >= 4 is 11.9 Å². The lowest BCUT2D eigenvalue weighted by molar-refractivity contribution is 0.0594. The number of rotatable bonds is 3. The molecule has 6 heteroatoms. The first-order chi connectivity index (χ1) is 9.93. The molecule has 0 fully saturated rings.